The molecule has 5 heteroatoms. The van der Waals surface area contributed by atoms with E-state index in [1.165, 1.54) is 89.9 Å². The number of unbranched alkanes of at least 4 members (excludes halogenated alkanes) is 14. The number of hydrogen-bond acceptors (Lipinski definition) is 2. The molecule has 0 bridgehead atoms. The summed E-state index contributed by atoms with van der Waals surface area (Å²) in [5, 5.41) is 0. The minimum atomic E-state index is -3.57. The van der Waals surface area contributed by atoms with Crippen molar-refractivity contribution in [3.63, 3.8) is 0 Å². The van der Waals surface area contributed by atoms with Crippen LogP contribution < -0.4 is 0 Å². The molecule has 1 N–H and O–H groups in total. The summed E-state index contributed by atoms with van der Waals surface area (Å²) in [5.41, 5.74) is 0. The van der Waals surface area contributed by atoms with Gasteiger partial charge in [0.1, 0.15) is 0 Å². The second kappa shape index (κ2) is 20.2. The Kier molecular flexibility index (Phi) is 20.1. The molecule has 32 heavy (non-hydrogen) atoms. The molecule has 0 saturated heterocycles. The van der Waals surface area contributed by atoms with Gasteiger partial charge in [-0.1, -0.05) is 96.6 Å². The number of quaternary nitrogens is 1. The molecular weight excluding hydrogens is 417 g/mol. The molecule has 192 valence electrons. The van der Waals surface area contributed by atoms with E-state index in [1.54, 1.807) is 0 Å². The van der Waals surface area contributed by atoms with Crippen LogP contribution in [0.3, 0.4) is 0 Å². The van der Waals surface area contributed by atoms with Crippen molar-refractivity contribution >= 4 is 7.60 Å². The quantitative estimate of drug-likeness (QED) is 0.0696. The summed E-state index contributed by atoms with van der Waals surface area (Å²) in [6.45, 7) is 4.73. The third-order valence-corrected chi connectivity index (χ3v) is 8.51. The van der Waals surface area contributed by atoms with Crippen molar-refractivity contribution in [2.45, 2.75) is 135 Å². The van der Waals surface area contributed by atoms with Crippen LogP contribution in [0.15, 0.2) is 12.2 Å². The van der Waals surface area contributed by atoms with Gasteiger partial charge in [0.25, 0.3) is 0 Å². The van der Waals surface area contributed by atoms with Gasteiger partial charge in [-0.3, -0.25) is 4.57 Å². The first-order valence-corrected chi connectivity index (χ1v) is 15.3. The molecule has 0 rings (SSSR count). The van der Waals surface area contributed by atoms with Crippen LogP contribution in [0.25, 0.3) is 0 Å². The summed E-state index contributed by atoms with van der Waals surface area (Å²) in [4.78, 5) is 10.4. The van der Waals surface area contributed by atoms with Gasteiger partial charge in [0.05, 0.1) is 27.7 Å². The highest BCUT2D eigenvalue weighted by atomic mass is 31.2. The molecule has 0 amide bonds. The molecule has 0 aromatic heterocycles. The molecule has 0 saturated carbocycles. The largest absolute Gasteiger partial charge is 0.385 e. The average molecular weight is 475 g/mol. The lowest BCUT2D eigenvalue weighted by Crippen LogP contribution is -2.45. The van der Waals surface area contributed by atoms with Crippen LogP contribution in [-0.4, -0.2) is 42.9 Å². The summed E-state index contributed by atoms with van der Waals surface area (Å²) in [6, 6.07) is 0. The Morgan fingerprint density at radius 1 is 0.719 bits per heavy atom. The Bertz CT molecular complexity index is 488. The highest BCUT2D eigenvalue weighted by Gasteiger charge is 2.41. The van der Waals surface area contributed by atoms with E-state index in [2.05, 4.69) is 26.0 Å². The Balaban J connectivity index is 3.55. The molecule has 4 nitrogen and oxygen atoms in total. The maximum absolute atomic E-state index is 12.6. The lowest BCUT2D eigenvalue weighted by molar-refractivity contribution is -0.883. The fraction of sp³-hybridized carbons (Fsp3) is 0.926. The van der Waals surface area contributed by atoms with E-state index in [9.17, 15) is 9.46 Å². The Morgan fingerprint density at radius 3 is 1.59 bits per heavy atom. The van der Waals surface area contributed by atoms with Gasteiger partial charge in [0.15, 0.2) is 5.78 Å². The van der Waals surface area contributed by atoms with Gasteiger partial charge in [0, 0.05) is 6.42 Å². The number of allylic oxidation sites excluding steroid dienone is 2. The van der Waals surface area contributed by atoms with Crippen molar-refractivity contribution in [3.05, 3.63) is 12.2 Å². The molecule has 0 aliphatic rings. The predicted molar refractivity (Wildman–Crippen MR) is 141 cm³/mol. The molecule has 0 aliphatic carbocycles. The summed E-state index contributed by atoms with van der Waals surface area (Å²) in [5.74, 6) is -0.337. The maximum Gasteiger partial charge on any atom is 0.385 e. The van der Waals surface area contributed by atoms with Gasteiger partial charge in [0.2, 0.25) is 0 Å². The van der Waals surface area contributed by atoms with Crippen molar-refractivity contribution in [1.82, 2.24) is 0 Å². The second-order valence-electron chi connectivity index (χ2n) is 10.4. The Labute approximate surface area is 201 Å². The summed E-state index contributed by atoms with van der Waals surface area (Å²) >= 11 is 0. The van der Waals surface area contributed by atoms with Crippen molar-refractivity contribution in [2.24, 2.45) is 0 Å². The van der Waals surface area contributed by atoms with Crippen molar-refractivity contribution in [1.29, 1.82) is 0 Å². The van der Waals surface area contributed by atoms with E-state index < -0.39 is 7.60 Å². The first-order valence-electron chi connectivity index (χ1n) is 13.7. The lowest BCUT2D eigenvalue weighted by Gasteiger charge is -2.35. The zero-order valence-corrected chi connectivity index (χ0v) is 23.2. The van der Waals surface area contributed by atoms with Crippen LogP contribution in [0, 0.1) is 0 Å². The predicted octanol–water partition coefficient (Wildman–Crippen LogP) is 8.84. The van der Waals surface area contributed by atoms with Crippen molar-refractivity contribution in [3.8, 4) is 0 Å². The highest BCUT2D eigenvalue weighted by molar-refractivity contribution is 7.53. The van der Waals surface area contributed by atoms with E-state index in [1.807, 2.05) is 21.1 Å². The minimum absolute atomic E-state index is 0.337. The smallest absolute Gasteiger partial charge is 0.320 e. The third kappa shape index (κ3) is 18.3. The van der Waals surface area contributed by atoms with Gasteiger partial charge in [-0.15, -0.1) is 0 Å². The molecule has 0 aromatic carbocycles. The topological polar surface area (TPSA) is 46.5 Å². The summed E-state index contributed by atoms with van der Waals surface area (Å²) < 4.78 is 18.6. The van der Waals surface area contributed by atoms with E-state index in [0.29, 0.717) is 17.5 Å². The van der Waals surface area contributed by atoms with Crippen LogP contribution in [0.5, 0.6) is 0 Å². The number of rotatable bonds is 23. The summed E-state index contributed by atoms with van der Waals surface area (Å²) in [7, 11) is 2.34. The number of nitrogens with zero attached hydrogens (tertiary/aromatic N) is 1. The van der Waals surface area contributed by atoms with Crippen LogP contribution in [-0.2, 0) is 9.09 Å². The van der Waals surface area contributed by atoms with Gasteiger partial charge in [-0.05, 0) is 38.5 Å². The normalized spacial score (nSPS) is 15.3. The summed E-state index contributed by atoms with van der Waals surface area (Å²) in [6.07, 6.45) is 26.9. The van der Waals surface area contributed by atoms with E-state index in [-0.39, 0.29) is 5.78 Å². The zero-order chi connectivity index (χ0) is 24.1. The second-order valence-corrected chi connectivity index (χ2v) is 12.4. The minimum Gasteiger partial charge on any atom is -0.320 e. The molecule has 0 spiro atoms. The Morgan fingerprint density at radius 2 is 1.16 bits per heavy atom. The average Bonchev–Trinajstić information content (AvgIpc) is 2.72. The monoisotopic (exact) mass is 474 g/mol. The number of hydrogen-bond donors (Lipinski definition) is 1. The zero-order valence-electron chi connectivity index (χ0n) is 22.3. The SMILES string of the molecule is CCCCCCCCCCC=CCCCCCCCCOP(=O)(O)C(CCC)[N+](C)(C)C. The first-order chi connectivity index (χ1) is 15.3. The third-order valence-electron chi connectivity index (χ3n) is 6.25. The van der Waals surface area contributed by atoms with E-state index in [4.69, 9.17) is 4.52 Å². The molecular formula is C27H57NO3P+. The fourth-order valence-corrected chi connectivity index (χ4v) is 6.25. The van der Waals surface area contributed by atoms with Crippen molar-refractivity contribution < 1.29 is 18.5 Å². The van der Waals surface area contributed by atoms with Crippen LogP contribution >= 0.6 is 7.60 Å². The first kappa shape index (κ1) is 31.9. The molecule has 2 atom stereocenters. The highest BCUT2D eigenvalue weighted by Crippen LogP contribution is 2.51. The van der Waals surface area contributed by atoms with Gasteiger partial charge < -0.3 is 13.9 Å². The van der Waals surface area contributed by atoms with Gasteiger partial charge >= 0.3 is 7.60 Å². The Hall–Kier alpha value is -0.150. The van der Waals surface area contributed by atoms with Crippen LogP contribution in [0.2, 0.25) is 0 Å². The molecule has 0 heterocycles. The fourth-order valence-electron chi connectivity index (χ4n) is 4.23. The van der Waals surface area contributed by atoms with E-state index in [0.717, 1.165) is 19.3 Å². The standard InChI is InChI=1S/C27H56NO3P/c1-6-8-9-10-11-12-13-14-15-16-17-18-19-20-21-22-23-24-26-31-32(29,30)27(25-7-2)28(3,4)5/h16-17,27H,6-15,18-26H2,1-5H3/p+1. The lowest BCUT2D eigenvalue weighted by atomic mass is 10.1. The van der Waals surface area contributed by atoms with Crippen LogP contribution in [0.1, 0.15) is 129 Å². The van der Waals surface area contributed by atoms with Crippen molar-refractivity contribution in [2.75, 3.05) is 27.7 Å². The molecule has 0 aromatic rings. The van der Waals surface area contributed by atoms with Gasteiger partial charge in [-0.25, -0.2) is 0 Å². The molecule has 0 radical (unpaired) electrons. The van der Waals surface area contributed by atoms with Crippen LogP contribution in [0.4, 0.5) is 0 Å². The van der Waals surface area contributed by atoms with E-state index >= 15 is 0 Å². The van der Waals surface area contributed by atoms with Gasteiger partial charge in [-0.2, -0.15) is 0 Å². The maximum atomic E-state index is 12.6. The molecule has 0 aliphatic heterocycles. The molecule has 0 fully saturated rings. The molecule has 2 unspecified atom stereocenters.